The number of esters is 1. The molecule has 0 rings (SSSR count). The Kier molecular flexibility index (Phi) is 6.51. The van der Waals surface area contributed by atoms with Gasteiger partial charge < -0.3 is 4.74 Å². The third-order valence-electron chi connectivity index (χ3n) is 2.55. The summed E-state index contributed by atoms with van der Waals surface area (Å²) in [5.74, 6) is -0.806. The standard InChI is InChI=1S/C11H21NO5S/c1-6-9(18(14,15)16)8(3)11(13)17-10(7-2)12(4)5/h9-10H,3,6-7H2,1-2,4-5H3,(H,14,15,16). The van der Waals surface area contributed by atoms with Gasteiger partial charge in [0.2, 0.25) is 0 Å². The molecule has 0 heterocycles. The molecule has 106 valence electrons. The van der Waals surface area contributed by atoms with Gasteiger partial charge in [-0.05, 0) is 26.9 Å². The van der Waals surface area contributed by atoms with Crippen LogP contribution in [-0.4, -0.2) is 49.4 Å². The van der Waals surface area contributed by atoms with Crippen molar-refractivity contribution >= 4 is 16.1 Å². The molecule has 0 fully saturated rings. The second kappa shape index (κ2) is 6.86. The predicted octanol–water partition coefficient (Wildman–Crippen LogP) is 1.05. The Hall–Kier alpha value is -0.920. The lowest BCUT2D eigenvalue weighted by molar-refractivity contribution is -0.152. The van der Waals surface area contributed by atoms with Crippen molar-refractivity contribution in [3.8, 4) is 0 Å². The molecule has 0 amide bonds. The third-order valence-corrected chi connectivity index (χ3v) is 3.89. The molecule has 0 radical (unpaired) electrons. The Morgan fingerprint density at radius 2 is 1.83 bits per heavy atom. The van der Waals surface area contributed by atoms with Crippen molar-refractivity contribution in [1.82, 2.24) is 4.90 Å². The van der Waals surface area contributed by atoms with Crippen LogP contribution >= 0.6 is 0 Å². The minimum absolute atomic E-state index is 0.0610. The van der Waals surface area contributed by atoms with Gasteiger partial charge in [-0.3, -0.25) is 9.45 Å². The fourth-order valence-corrected chi connectivity index (χ4v) is 2.40. The SMILES string of the molecule is C=C(C(=O)OC(CC)N(C)C)C(CC)S(=O)(=O)O. The second-order valence-electron chi connectivity index (χ2n) is 4.17. The lowest BCUT2D eigenvalue weighted by Crippen LogP contribution is -2.35. The van der Waals surface area contributed by atoms with E-state index in [2.05, 4.69) is 6.58 Å². The van der Waals surface area contributed by atoms with Gasteiger partial charge in [0.05, 0.1) is 5.57 Å². The predicted molar refractivity (Wildman–Crippen MR) is 68.6 cm³/mol. The second-order valence-corrected chi connectivity index (χ2v) is 5.77. The Balaban J connectivity index is 4.85. The number of nitrogens with zero attached hydrogens (tertiary/aromatic N) is 1. The van der Waals surface area contributed by atoms with Crippen LogP contribution in [0.2, 0.25) is 0 Å². The molecule has 0 spiro atoms. The van der Waals surface area contributed by atoms with Gasteiger partial charge in [-0.25, -0.2) is 4.79 Å². The van der Waals surface area contributed by atoms with E-state index in [9.17, 15) is 13.2 Å². The van der Waals surface area contributed by atoms with Crippen LogP contribution in [0.5, 0.6) is 0 Å². The smallest absolute Gasteiger partial charge is 0.336 e. The molecular formula is C11H21NO5S. The third kappa shape index (κ3) is 4.75. The van der Waals surface area contributed by atoms with E-state index in [4.69, 9.17) is 9.29 Å². The van der Waals surface area contributed by atoms with Crippen molar-refractivity contribution in [1.29, 1.82) is 0 Å². The van der Waals surface area contributed by atoms with Crippen molar-refractivity contribution < 1.29 is 22.5 Å². The molecular weight excluding hydrogens is 258 g/mol. The van der Waals surface area contributed by atoms with E-state index in [0.29, 0.717) is 6.42 Å². The topological polar surface area (TPSA) is 83.9 Å². The number of carbonyl (C=O) groups is 1. The molecule has 0 aromatic carbocycles. The van der Waals surface area contributed by atoms with E-state index < -0.39 is 27.6 Å². The summed E-state index contributed by atoms with van der Waals surface area (Å²) in [6, 6.07) is 0. The summed E-state index contributed by atoms with van der Waals surface area (Å²) in [7, 11) is -0.855. The summed E-state index contributed by atoms with van der Waals surface area (Å²) < 4.78 is 36.3. The summed E-state index contributed by atoms with van der Waals surface area (Å²) in [5, 5.41) is -1.32. The highest BCUT2D eigenvalue weighted by Gasteiger charge is 2.30. The Morgan fingerprint density at radius 3 is 2.11 bits per heavy atom. The maximum absolute atomic E-state index is 11.7. The van der Waals surface area contributed by atoms with Gasteiger partial charge in [-0.2, -0.15) is 8.42 Å². The van der Waals surface area contributed by atoms with Crippen molar-refractivity contribution in [3.63, 3.8) is 0 Å². The normalized spacial score (nSPS) is 15.2. The van der Waals surface area contributed by atoms with Gasteiger partial charge in [-0.1, -0.05) is 20.4 Å². The molecule has 2 atom stereocenters. The highest BCUT2D eigenvalue weighted by Crippen LogP contribution is 2.16. The zero-order valence-electron chi connectivity index (χ0n) is 11.2. The first-order chi connectivity index (χ1) is 8.15. The number of rotatable bonds is 7. The van der Waals surface area contributed by atoms with E-state index in [1.807, 2.05) is 6.92 Å². The van der Waals surface area contributed by atoms with E-state index >= 15 is 0 Å². The van der Waals surface area contributed by atoms with E-state index in [1.54, 1.807) is 25.9 Å². The first-order valence-electron chi connectivity index (χ1n) is 5.67. The molecule has 0 aliphatic heterocycles. The molecule has 0 saturated carbocycles. The van der Waals surface area contributed by atoms with Gasteiger partial charge in [0, 0.05) is 0 Å². The summed E-state index contributed by atoms with van der Waals surface area (Å²) in [6.07, 6.45) is 0.174. The summed E-state index contributed by atoms with van der Waals surface area (Å²) >= 11 is 0. The highest BCUT2D eigenvalue weighted by molar-refractivity contribution is 7.86. The molecule has 0 saturated heterocycles. The Morgan fingerprint density at radius 1 is 1.33 bits per heavy atom. The average molecular weight is 279 g/mol. The minimum Gasteiger partial charge on any atom is -0.443 e. The fourth-order valence-electron chi connectivity index (χ4n) is 1.52. The maximum atomic E-state index is 11.7. The van der Waals surface area contributed by atoms with Crippen molar-refractivity contribution in [3.05, 3.63) is 12.2 Å². The Labute approximate surface area is 108 Å². The molecule has 6 nitrogen and oxygen atoms in total. The van der Waals surface area contributed by atoms with Crippen molar-refractivity contribution in [2.45, 2.75) is 38.2 Å². The van der Waals surface area contributed by atoms with Crippen LogP contribution in [0.25, 0.3) is 0 Å². The quantitative estimate of drug-likeness (QED) is 0.324. The largest absolute Gasteiger partial charge is 0.443 e. The molecule has 0 aliphatic rings. The zero-order valence-corrected chi connectivity index (χ0v) is 12.0. The molecule has 18 heavy (non-hydrogen) atoms. The lowest BCUT2D eigenvalue weighted by Gasteiger charge is -2.24. The van der Waals surface area contributed by atoms with Crippen molar-refractivity contribution in [2.75, 3.05) is 14.1 Å². The molecule has 0 aromatic rings. The van der Waals surface area contributed by atoms with Crippen LogP contribution in [0.1, 0.15) is 26.7 Å². The molecule has 2 unspecified atom stereocenters. The lowest BCUT2D eigenvalue weighted by atomic mass is 10.2. The van der Waals surface area contributed by atoms with Crippen LogP contribution in [-0.2, 0) is 19.6 Å². The number of carbonyl (C=O) groups excluding carboxylic acids is 1. The van der Waals surface area contributed by atoms with Crippen LogP contribution < -0.4 is 0 Å². The highest BCUT2D eigenvalue weighted by atomic mass is 32.2. The fraction of sp³-hybridized carbons (Fsp3) is 0.727. The van der Waals surface area contributed by atoms with Gasteiger partial charge in [-0.15, -0.1) is 0 Å². The molecule has 1 N–H and O–H groups in total. The van der Waals surface area contributed by atoms with Gasteiger partial charge in [0.15, 0.2) is 6.23 Å². The summed E-state index contributed by atoms with van der Waals surface area (Å²) in [5.41, 5.74) is -0.250. The van der Waals surface area contributed by atoms with Crippen molar-refractivity contribution in [2.24, 2.45) is 0 Å². The Bertz CT molecular complexity index is 402. The van der Waals surface area contributed by atoms with Crippen LogP contribution in [0.4, 0.5) is 0 Å². The molecule has 7 heteroatoms. The number of hydrogen-bond donors (Lipinski definition) is 1. The molecule has 0 bridgehead atoms. The monoisotopic (exact) mass is 279 g/mol. The zero-order chi connectivity index (χ0) is 14.5. The summed E-state index contributed by atoms with van der Waals surface area (Å²) in [4.78, 5) is 13.4. The van der Waals surface area contributed by atoms with E-state index in [0.717, 1.165) is 0 Å². The maximum Gasteiger partial charge on any atom is 0.336 e. The molecule has 0 aromatic heterocycles. The van der Waals surface area contributed by atoms with Crippen LogP contribution in [0, 0.1) is 0 Å². The van der Waals surface area contributed by atoms with Crippen LogP contribution in [0.3, 0.4) is 0 Å². The number of ether oxygens (including phenoxy) is 1. The first kappa shape index (κ1) is 17.1. The van der Waals surface area contributed by atoms with Gasteiger partial charge in [0.25, 0.3) is 10.1 Å². The van der Waals surface area contributed by atoms with Gasteiger partial charge in [0.1, 0.15) is 5.25 Å². The van der Waals surface area contributed by atoms with E-state index in [1.165, 1.54) is 0 Å². The first-order valence-corrected chi connectivity index (χ1v) is 7.17. The summed E-state index contributed by atoms with van der Waals surface area (Å²) in [6.45, 7) is 6.78. The minimum atomic E-state index is -4.34. The number of hydrogen-bond acceptors (Lipinski definition) is 5. The molecule has 0 aliphatic carbocycles. The van der Waals surface area contributed by atoms with E-state index in [-0.39, 0.29) is 12.0 Å². The average Bonchev–Trinajstić information content (AvgIpc) is 2.23. The van der Waals surface area contributed by atoms with Gasteiger partial charge >= 0.3 is 5.97 Å². The van der Waals surface area contributed by atoms with Crippen LogP contribution in [0.15, 0.2) is 12.2 Å².